The van der Waals surface area contributed by atoms with Crippen LogP contribution in [-0.2, 0) is 11.3 Å². The van der Waals surface area contributed by atoms with Gasteiger partial charge in [0.1, 0.15) is 18.4 Å². The Morgan fingerprint density at radius 2 is 2.44 bits per heavy atom. The fourth-order valence-corrected chi connectivity index (χ4v) is 1.93. The molecule has 98 valence electrons. The van der Waals surface area contributed by atoms with Crippen molar-refractivity contribution in [1.82, 2.24) is 5.32 Å². The fraction of sp³-hybridized carbons (Fsp3) is 0.417. The van der Waals surface area contributed by atoms with Crippen molar-refractivity contribution in [2.24, 2.45) is 10.7 Å². The molecule has 1 aliphatic heterocycles. The summed E-state index contributed by atoms with van der Waals surface area (Å²) in [6.45, 7) is 1.99. The van der Waals surface area contributed by atoms with E-state index in [0.717, 1.165) is 18.7 Å². The highest BCUT2D eigenvalue weighted by Crippen LogP contribution is 2.24. The van der Waals surface area contributed by atoms with Crippen LogP contribution < -0.4 is 15.8 Å². The zero-order valence-corrected chi connectivity index (χ0v) is 10.9. The SMILES string of the molecule is COc1cc(CNC[C@@H]2COC(N)=N2)ccc1Cl. The molecule has 1 aromatic rings. The number of ether oxygens (including phenoxy) is 2. The van der Waals surface area contributed by atoms with Crippen molar-refractivity contribution >= 4 is 17.6 Å². The van der Waals surface area contributed by atoms with E-state index < -0.39 is 0 Å². The molecule has 18 heavy (non-hydrogen) atoms. The minimum atomic E-state index is 0.0965. The summed E-state index contributed by atoms with van der Waals surface area (Å²) < 4.78 is 10.2. The van der Waals surface area contributed by atoms with Gasteiger partial charge in [-0.1, -0.05) is 17.7 Å². The number of rotatable bonds is 5. The zero-order valence-electron chi connectivity index (χ0n) is 10.1. The lowest BCUT2D eigenvalue weighted by Crippen LogP contribution is -2.26. The summed E-state index contributed by atoms with van der Waals surface area (Å²) in [5.74, 6) is 0.683. The maximum Gasteiger partial charge on any atom is 0.282 e. The van der Waals surface area contributed by atoms with Crippen LogP contribution in [0.1, 0.15) is 5.56 Å². The number of amidine groups is 1. The number of nitrogens with zero attached hydrogens (tertiary/aromatic N) is 1. The molecule has 0 spiro atoms. The molecule has 0 saturated heterocycles. The molecule has 3 N–H and O–H groups in total. The largest absolute Gasteiger partial charge is 0.495 e. The lowest BCUT2D eigenvalue weighted by molar-refractivity contribution is 0.309. The van der Waals surface area contributed by atoms with Crippen molar-refractivity contribution in [3.63, 3.8) is 0 Å². The molecule has 0 unspecified atom stereocenters. The van der Waals surface area contributed by atoms with Gasteiger partial charge in [-0.15, -0.1) is 0 Å². The van der Waals surface area contributed by atoms with Crippen molar-refractivity contribution in [3.8, 4) is 5.75 Å². The molecule has 2 rings (SSSR count). The summed E-state index contributed by atoms with van der Waals surface area (Å²) in [6, 6.07) is 6.07. The standard InChI is InChI=1S/C12H16ClN3O2/c1-17-11-4-8(2-3-10(11)13)5-15-6-9-7-18-12(14)16-9/h2-4,9,15H,5-7H2,1H3,(H2,14,16)/t9-/m1/s1. The van der Waals surface area contributed by atoms with E-state index in [4.69, 9.17) is 26.8 Å². The van der Waals surface area contributed by atoms with Crippen LogP contribution in [0.5, 0.6) is 5.75 Å². The first kappa shape index (κ1) is 13.0. The molecular weight excluding hydrogens is 254 g/mol. The van der Waals surface area contributed by atoms with Gasteiger partial charge >= 0.3 is 0 Å². The maximum absolute atomic E-state index is 5.96. The average Bonchev–Trinajstić information content (AvgIpc) is 2.77. The van der Waals surface area contributed by atoms with E-state index >= 15 is 0 Å². The first-order chi connectivity index (χ1) is 8.69. The van der Waals surface area contributed by atoms with Crippen molar-refractivity contribution < 1.29 is 9.47 Å². The quantitative estimate of drug-likeness (QED) is 0.841. The van der Waals surface area contributed by atoms with Gasteiger partial charge in [-0.3, -0.25) is 0 Å². The number of hydrogen-bond acceptors (Lipinski definition) is 5. The number of nitrogens with one attached hydrogen (secondary N) is 1. The van der Waals surface area contributed by atoms with Gasteiger partial charge in [0, 0.05) is 13.1 Å². The van der Waals surface area contributed by atoms with E-state index in [1.165, 1.54) is 0 Å². The molecule has 0 saturated carbocycles. The predicted octanol–water partition coefficient (Wildman–Crippen LogP) is 1.15. The van der Waals surface area contributed by atoms with Crippen LogP contribution in [0.4, 0.5) is 0 Å². The van der Waals surface area contributed by atoms with Crippen LogP contribution in [0.15, 0.2) is 23.2 Å². The molecule has 1 atom stereocenters. The predicted molar refractivity (Wildman–Crippen MR) is 71.1 cm³/mol. The van der Waals surface area contributed by atoms with Crippen LogP contribution >= 0.6 is 11.6 Å². The summed E-state index contributed by atoms with van der Waals surface area (Å²) in [7, 11) is 1.60. The molecule has 1 heterocycles. The number of hydrogen-bond donors (Lipinski definition) is 2. The second-order valence-electron chi connectivity index (χ2n) is 4.03. The lowest BCUT2D eigenvalue weighted by Gasteiger charge is -2.09. The van der Waals surface area contributed by atoms with E-state index in [-0.39, 0.29) is 12.1 Å². The van der Waals surface area contributed by atoms with E-state index in [1.54, 1.807) is 7.11 Å². The van der Waals surface area contributed by atoms with Gasteiger partial charge in [-0.25, -0.2) is 4.99 Å². The summed E-state index contributed by atoms with van der Waals surface area (Å²) >= 11 is 5.96. The zero-order chi connectivity index (χ0) is 13.0. The number of halogens is 1. The Morgan fingerprint density at radius 3 is 3.11 bits per heavy atom. The van der Waals surface area contributed by atoms with Crippen molar-refractivity contribution in [1.29, 1.82) is 0 Å². The van der Waals surface area contributed by atoms with Gasteiger partial charge in [0.25, 0.3) is 6.02 Å². The van der Waals surface area contributed by atoms with Crippen LogP contribution in [0.25, 0.3) is 0 Å². The molecule has 0 amide bonds. The van der Waals surface area contributed by atoms with E-state index in [9.17, 15) is 0 Å². The molecule has 1 aliphatic rings. The molecule has 0 aromatic heterocycles. The molecule has 0 radical (unpaired) electrons. The Bertz CT molecular complexity index is 451. The normalized spacial score (nSPS) is 18.3. The highest BCUT2D eigenvalue weighted by molar-refractivity contribution is 6.32. The minimum absolute atomic E-state index is 0.0965. The maximum atomic E-state index is 5.96. The van der Waals surface area contributed by atoms with Gasteiger partial charge in [-0.2, -0.15) is 0 Å². The summed E-state index contributed by atoms with van der Waals surface area (Å²) in [5.41, 5.74) is 6.54. The Labute approximate surface area is 111 Å². The van der Waals surface area contributed by atoms with Crippen LogP contribution in [0.2, 0.25) is 5.02 Å². The third-order valence-corrected chi connectivity index (χ3v) is 2.97. The van der Waals surface area contributed by atoms with Gasteiger partial charge in [0.05, 0.1) is 12.1 Å². The van der Waals surface area contributed by atoms with Crippen molar-refractivity contribution in [2.75, 3.05) is 20.3 Å². The molecule has 0 aliphatic carbocycles. The molecule has 1 aromatic carbocycles. The third kappa shape index (κ3) is 3.27. The Kier molecular flexibility index (Phi) is 4.28. The van der Waals surface area contributed by atoms with Crippen molar-refractivity contribution in [3.05, 3.63) is 28.8 Å². The molecular formula is C12H16ClN3O2. The summed E-state index contributed by atoms with van der Waals surface area (Å²) in [4.78, 5) is 4.13. The fourth-order valence-electron chi connectivity index (χ4n) is 1.74. The number of benzene rings is 1. The van der Waals surface area contributed by atoms with E-state index in [0.29, 0.717) is 17.4 Å². The molecule has 0 fully saturated rings. The number of aliphatic imine (C=N–C) groups is 1. The summed E-state index contributed by atoms with van der Waals surface area (Å²) in [5, 5.41) is 3.91. The van der Waals surface area contributed by atoms with Gasteiger partial charge in [0.15, 0.2) is 0 Å². The highest BCUT2D eigenvalue weighted by atomic mass is 35.5. The van der Waals surface area contributed by atoms with Crippen LogP contribution in [0, 0.1) is 0 Å². The lowest BCUT2D eigenvalue weighted by atomic mass is 10.2. The van der Waals surface area contributed by atoms with Gasteiger partial charge in [-0.05, 0) is 17.7 Å². The molecule has 6 heteroatoms. The number of methoxy groups -OCH3 is 1. The topological polar surface area (TPSA) is 68.9 Å². The van der Waals surface area contributed by atoms with Gasteiger partial charge in [0.2, 0.25) is 0 Å². The number of nitrogens with two attached hydrogens (primary N) is 1. The molecule has 0 bridgehead atoms. The summed E-state index contributed by atoms with van der Waals surface area (Å²) in [6.07, 6.45) is 0. The highest BCUT2D eigenvalue weighted by Gasteiger charge is 2.15. The van der Waals surface area contributed by atoms with Crippen LogP contribution in [-0.4, -0.2) is 32.3 Å². The Hall–Kier alpha value is -1.46. The second kappa shape index (κ2) is 5.93. The van der Waals surface area contributed by atoms with Crippen molar-refractivity contribution in [2.45, 2.75) is 12.6 Å². The minimum Gasteiger partial charge on any atom is -0.495 e. The average molecular weight is 270 g/mol. The Morgan fingerprint density at radius 1 is 1.61 bits per heavy atom. The second-order valence-corrected chi connectivity index (χ2v) is 4.44. The van der Waals surface area contributed by atoms with Gasteiger partial charge < -0.3 is 20.5 Å². The van der Waals surface area contributed by atoms with Crippen LogP contribution in [0.3, 0.4) is 0 Å². The van der Waals surface area contributed by atoms with E-state index in [1.807, 2.05) is 18.2 Å². The monoisotopic (exact) mass is 269 g/mol. The Balaban J connectivity index is 1.83. The smallest absolute Gasteiger partial charge is 0.282 e. The third-order valence-electron chi connectivity index (χ3n) is 2.66. The van der Waals surface area contributed by atoms with E-state index in [2.05, 4.69) is 10.3 Å². The first-order valence-corrected chi connectivity index (χ1v) is 6.06. The molecule has 5 nitrogen and oxygen atoms in total. The first-order valence-electron chi connectivity index (χ1n) is 5.68.